The Labute approximate surface area is 144 Å². The normalized spacial score (nSPS) is 10.1. The molecule has 7 heteroatoms. The first-order valence-electron chi connectivity index (χ1n) is 7.41. The molecule has 2 rings (SSSR count). The summed E-state index contributed by atoms with van der Waals surface area (Å²) in [4.78, 5) is 24.8. The number of methoxy groups -OCH3 is 1. The largest absolute Gasteiger partial charge is 0.493 e. The van der Waals surface area contributed by atoms with Crippen LogP contribution in [-0.4, -0.2) is 32.2 Å². The van der Waals surface area contributed by atoms with Gasteiger partial charge in [-0.3, -0.25) is 4.79 Å². The molecule has 0 aliphatic rings. The van der Waals surface area contributed by atoms with Gasteiger partial charge in [0.1, 0.15) is 0 Å². The quantitative estimate of drug-likeness (QED) is 0.742. The molecule has 0 bridgehead atoms. The zero-order valence-corrected chi connectivity index (χ0v) is 14.4. The highest BCUT2D eigenvalue weighted by atomic mass is 32.1. The molecule has 0 atom stereocenters. The Morgan fingerprint density at radius 3 is 2.71 bits per heavy atom. The molecule has 1 amide bonds. The van der Waals surface area contributed by atoms with Gasteiger partial charge in [-0.1, -0.05) is 6.07 Å². The molecule has 2 aromatic rings. The van der Waals surface area contributed by atoms with Gasteiger partial charge in [0.2, 0.25) is 0 Å². The van der Waals surface area contributed by atoms with Gasteiger partial charge in [-0.15, -0.1) is 11.3 Å². The molecule has 6 nitrogen and oxygen atoms in total. The van der Waals surface area contributed by atoms with E-state index in [0.717, 1.165) is 4.88 Å². The summed E-state index contributed by atoms with van der Waals surface area (Å²) in [6.45, 7) is 2.37. The van der Waals surface area contributed by atoms with E-state index in [-0.39, 0.29) is 12.5 Å². The number of rotatable bonds is 8. The van der Waals surface area contributed by atoms with Crippen LogP contribution in [0.3, 0.4) is 0 Å². The molecule has 0 spiro atoms. The monoisotopic (exact) mass is 349 g/mol. The topological polar surface area (TPSA) is 73.9 Å². The van der Waals surface area contributed by atoms with Gasteiger partial charge in [-0.05, 0) is 36.6 Å². The number of benzene rings is 1. The molecule has 0 saturated carbocycles. The van der Waals surface area contributed by atoms with Crippen molar-refractivity contribution in [2.75, 3.05) is 20.3 Å². The van der Waals surface area contributed by atoms with Gasteiger partial charge in [0.25, 0.3) is 5.91 Å². The van der Waals surface area contributed by atoms with Gasteiger partial charge in [-0.2, -0.15) is 0 Å². The first-order valence-corrected chi connectivity index (χ1v) is 8.29. The summed E-state index contributed by atoms with van der Waals surface area (Å²) in [7, 11) is 1.52. The Balaban J connectivity index is 1.87. The number of esters is 1. The second-order valence-electron chi connectivity index (χ2n) is 4.73. The van der Waals surface area contributed by atoms with Crippen molar-refractivity contribution in [1.82, 2.24) is 5.32 Å². The molecule has 0 aliphatic carbocycles. The maximum absolute atomic E-state index is 12.0. The fourth-order valence-electron chi connectivity index (χ4n) is 1.94. The Hall–Kier alpha value is -2.54. The smallest absolute Gasteiger partial charge is 0.338 e. The Kier molecular flexibility index (Phi) is 6.62. The number of hydrogen-bond acceptors (Lipinski definition) is 6. The van der Waals surface area contributed by atoms with E-state index in [0.29, 0.717) is 30.2 Å². The van der Waals surface area contributed by atoms with E-state index in [1.54, 1.807) is 23.5 Å². The third kappa shape index (κ3) is 4.99. The van der Waals surface area contributed by atoms with Crippen molar-refractivity contribution in [2.24, 2.45) is 0 Å². The van der Waals surface area contributed by atoms with Crippen LogP contribution in [-0.2, 0) is 16.1 Å². The van der Waals surface area contributed by atoms with Crippen molar-refractivity contribution in [3.63, 3.8) is 0 Å². The second kappa shape index (κ2) is 8.93. The minimum atomic E-state index is -0.593. The number of carbonyl (C=O) groups excluding carboxylic acids is 2. The maximum atomic E-state index is 12.0. The molecular formula is C17H19NO5S. The highest BCUT2D eigenvalue weighted by molar-refractivity contribution is 7.09. The SMILES string of the molecule is CCOc1cc(C(=O)OCC(=O)NCc2cccs2)ccc1OC. The van der Waals surface area contributed by atoms with Crippen LogP contribution in [0.15, 0.2) is 35.7 Å². The standard InChI is InChI=1S/C17H19NO5S/c1-3-22-15-9-12(6-7-14(15)21-2)17(20)23-11-16(19)18-10-13-5-4-8-24-13/h4-9H,3,10-11H2,1-2H3,(H,18,19). The molecule has 0 unspecified atom stereocenters. The molecule has 1 N–H and O–H groups in total. The van der Waals surface area contributed by atoms with Crippen LogP contribution in [0, 0.1) is 0 Å². The fourth-order valence-corrected chi connectivity index (χ4v) is 2.58. The van der Waals surface area contributed by atoms with Crippen molar-refractivity contribution >= 4 is 23.2 Å². The lowest BCUT2D eigenvalue weighted by Gasteiger charge is -2.11. The number of hydrogen-bond donors (Lipinski definition) is 1. The number of nitrogens with one attached hydrogen (secondary N) is 1. The molecule has 128 valence electrons. The molecule has 1 heterocycles. The molecule has 24 heavy (non-hydrogen) atoms. The van der Waals surface area contributed by atoms with Crippen molar-refractivity contribution in [2.45, 2.75) is 13.5 Å². The summed E-state index contributed by atoms with van der Waals surface area (Å²) in [6.07, 6.45) is 0. The van der Waals surface area contributed by atoms with E-state index in [1.807, 2.05) is 24.4 Å². The third-order valence-corrected chi connectivity index (χ3v) is 3.95. The average Bonchev–Trinajstić information content (AvgIpc) is 3.11. The fraction of sp³-hybridized carbons (Fsp3) is 0.294. The Bertz CT molecular complexity index is 684. The predicted octanol–water partition coefficient (Wildman–Crippen LogP) is 2.63. The molecular weight excluding hydrogens is 330 g/mol. The number of amides is 1. The molecule has 1 aromatic carbocycles. The zero-order chi connectivity index (χ0) is 17.4. The first kappa shape index (κ1) is 17.8. The minimum absolute atomic E-state index is 0.297. The minimum Gasteiger partial charge on any atom is -0.493 e. The van der Waals surface area contributed by atoms with E-state index in [2.05, 4.69) is 5.32 Å². The van der Waals surface area contributed by atoms with Crippen LogP contribution in [0.2, 0.25) is 0 Å². The zero-order valence-electron chi connectivity index (χ0n) is 13.5. The van der Waals surface area contributed by atoms with E-state index in [1.165, 1.54) is 13.2 Å². The number of ether oxygens (including phenoxy) is 3. The van der Waals surface area contributed by atoms with E-state index >= 15 is 0 Å². The molecule has 0 saturated heterocycles. The van der Waals surface area contributed by atoms with Crippen molar-refractivity contribution in [1.29, 1.82) is 0 Å². The van der Waals surface area contributed by atoms with E-state index in [4.69, 9.17) is 14.2 Å². The molecule has 0 fully saturated rings. The number of carbonyl (C=O) groups is 2. The average molecular weight is 349 g/mol. The molecule has 0 aliphatic heterocycles. The summed E-state index contributed by atoms with van der Waals surface area (Å²) in [5.74, 6) is 0.0406. The lowest BCUT2D eigenvalue weighted by molar-refractivity contribution is -0.124. The van der Waals surface area contributed by atoms with Gasteiger partial charge in [0.05, 0.1) is 25.8 Å². The summed E-state index contributed by atoms with van der Waals surface area (Å²) in [6, 6.07) is 8.55. The van der Waals surface area contributed by atoms with Crippen molar-refractivity contribution in [3.8, 4) is 11.5 Å². The highest BCUT2D eigenvalue weighted by Crippen LogP contribution is 2.28. The van der Waals surface area contributed by atoms with Gasteiger partial charge >= 0.3 is 5.97 Å². The summed E-state index contributed by atoms with van der Waals surface area (Å²) in [5.41, 5.74) is 0.297. The third-order valence-electron chi connectivity index (χ3n) is 3.07. The van der Waals surface area contributed by atoms with E-state index in [9.17, 15) is 9.59 Å². The van der Waals surface area contributed by atoms with Crippen LogP contribution >= 0.6 is 11.3 Å². The van der Waals surface area contributed by atoms with Crippen LogP contribution in [0.4, 0.5) is 0 Å². The van der Waals surface area contributed by atoms with Gasteiger partial charge in [0, 0.05) is 4.88 Å². The molecule has 1 aromatic heterocycles. The van der Waals surface area contributed by atoms with Crippen LogP contribution in [0.1, 0.15) is 22.2 Å². The first-order chi connectivity index (χ1) is 11.6. The van der Waals surface area contributed by atoms with Crippen LogP contribution < -0.4 is 14.8 Å². The lowest BCUT2D eigenvalue weighted by Crippen LogP contribution is -2.28. The van der Waals surface area contributed by atoms with Gasteiger partial charge < -0.3 is 19.5 Å². The highest BCUT2D eigenvalue weighted by Gasteiger charge is 2.14. The van der Waals surface area contributed by atoms with Crippen molar-refractivity contribution in [3.05, 3.63) is 46.2 Å². The summed E-state index contributed by atoms with van der Waals surface area (Å²) < 4.78 is 15.6. The van der Waals surface area contributed by atoms with Gasteiger partial charge in [-0.25, -0.2) is 4.79 Å². The lowest BCUT2D eigenvalue weighted by atomic mass is 10.2. The Morgan fingerprint density at radius 2 is 2.04 bits per heavy atom. The van der Waals surface area contributed by atoms with Crippen LogP contribution in [0.25, 0.3) is 0 Å². The summed E-state index contributed by atoms with van der Waals surface area (Å²) in [5, 5.41) is 4.62. The maximum Gasteiger partial charge on any atom is 0.338 e. The van der Waals surface area contributed by atoms with Gasteiger partial charge in [0.15, 0.2) is 18.1 Å². The van der Waals surface area contributed by atoms with Crippen LogP contribution in [0.5, 0.6) is 11.5 Å². The molecule has 0 radical (unpaired) electrons. The van der Waals surface area contributed by atoms with Crippen molar-refractivity contribution < 1.29 is 23.8 Å². The predicted molar refractivity (Wildman–Crippen MR) is 90.6 cm³/mol. The Morgan fingerprint density at radius 1 is 1.21 bits per heavy atom. The van der Waals surface area contributed by atoms with E-state index < -0.39 is 5.97 Å². The number of thiophene rings is 1. The second-order valence-corrected chi connectivity index (χ2v) is 5.76. The summed E-state index contributed by atoms with van der Waals surface area (Å²) >= 11 is 1.55.